The Morgan fingerprint density at radius 3 is 2.63 bits per heavy atom. The Bertz CT molecular complexity index is 660. The minimum Gasteiger partial charge on any atom is -0.505 e. The van der Waals surface area contributed by atoms with Crippen molar-refractivity contribution in [3.8, 4) is 5.75 Å². The van der Waals surface area contributed by atoms with E-state index in [9.17, 15) is 15.2 Å². The highest BCUT2D eigenvalue weighted by Crippen LogP contribution is 2.29. The standard InChI is InChI=1S/C11H7ClN4O3/c12-11-9(17)5-6-10(13-11)15-14-7-3-1-2-4-8(7)16(18)19/h1-6,17H. The summed E-state index contributed by atoms with van der Waals surface area (Å²) in [5.41, 5.74) is -0.0466. The van der Waals surface area contributed by atoms with Gasteiger partial charge in [-0.25, -0.2) is 4.98 Å². The van der Waals surface area contributed by atoms with Crippen LogP contribution in [0.15, 0.2) is 46.6 Å². The number of rotatable bonds is 3. The number of pyridine rings is 1. The Labute approximate surface area is 112 Å². The summed E-state index contributed by atoms with van der Waals surface area (Å²) in [6.45, 7) is 0. The molecular weight excluding hydrogens is 272 g/mol. The molecule has 0 spiro atoms. The van der Waals surface area contributed by atoms with E-state index in [-0.39, 0.29) is 28.1 Å². The summed E-state index contributed by atoms with van der Waals surface area (Å²) >= 11 is 5.61. The summed E-state index contributed by atoms with van der Waals surface area (Å²) < 4.78 is 0. The molecule has 1 N–H and O–H groups in total. The highest BCUT2D eigenvalue weighted by molar-refractivity contribution is 6.30. The second-order valence-electron chi connectivity index (χ2n) is 3.43. The van der Waals surface area contributed by atoms with E-state index in [2.05, 4.69) is 15.2 Å². The monoisotopic (exact) mass is 278 g/mol. The molecular formula is C11H7ClN4O3. The fourth-order valence-corrected chi connectivity index (χ4v) is 1.43. The highest BCUT2D eigenvalue weighted by Gasteiger charge is 2.11. The number of hydrogen-bond donors (Lipinski definition) is 1. The van der Waals surface area contributed by atoms with Gasteiger partial charge in [0, 0.05) is 6.07 Å². The van der Waals surface area contributed by atoms with E-state index in [4.69, 9.17) is 11.6 Å². The van der Waals surface area contributed by atoms with Crippen LogP contribution in [0.2, 0.25) is 5.15 Å². The van der Waals surface area contributed by atoms with Crippen LogP contribution in [0.4, 0.5) is 17.2 Å². The van der Waals surface area contributed by atoms with Crippen LogP contribution >= 0.6 is 11.6 Å². The molecule has 0 fully saturated rings. The van der Waals surface area contributed by atoms with Crippen molar-refractivity contribution in [2.75, 3.05) is 0 Å². The molecule has 2 aromatic rings. The summed E-state index contributed by atoms with van der Waals surface area (Å²) in [5.74, 6) is -0.0349. The molecule has 0 amide bonds. The number of aromatic hydroxyl groups is 1. The lowest BCUT2D eigenvalue weighted by Crippen LogP contribution is -1.87. The molecule has 0 aliphatic heterocycles. The van der Waals surface area contributed by atoms with Crippen molar-refractivity contribution in [2.24, 2.45) is 10.2 Å². The molecule has 0 saturated heterocycles. The van der Waals surface area contributed by atoms with Crippen molar-refractivity contribution in [3.63, 3.8) is 0 Å². The molecule has 0 radical (unpaired) electrons. The molecule has 0 unspecified atom stereocenters. The quantitative estimate of drug-likeness (QED) is 0.399. The van der Waals surface area contributed by atoms with Gasteiger partial charge >= 0.3 is 0 Å². The van der Waals surface area contributed by atoms with Gasteiger partial charge < -0.3 is 5.11 Å². The Balaban J connectivity index is 2.32. The number of azo groups is 1. The predicted octanol–water partition coefficient (Wildman–Crippen LogP) is 3.76. The molecule has 1 aromatic heterocycles. The van der Waals surface area contributed by atoms with E-state index >= 15 is 0 Å². The summed E-state index contributed by atoms with van der Waals surface area (Å²) in [6.07, 6.45) is 0. The van der Waals surface area contributed by atoms with E-state index < -0.39 is 4.92 Å². The first-order valence-electron chi connectivity index (χ1n) is 5.08. The Kier molecular flexibility index (Phi) is 3.67. The van der Waals surface area contributed by atoms with Crippen LogP contribution in [0.1, 0.15) is 0 Å². The van der Waals surface area contributed by atoms with Gasteiger partial charge in [-0.05, 0) is 18.2 Å². The maximum Gasteiger partial charge on any atom is 0.296 e. The van der Waals surface area contributed by atoms with Gasteiger partial charge in [0.05, 0.1) is 4.92 Å². The number of benzene rings is 1. The summed E-state index contributed by atoms with van der Waals surface area (Å²) in [4.78, 5) is 14.0. The topological polar surface area (TPSA) is 101 Å². The van der Waals surface area contributed by atoms with Gasteiger partial charge in [0.25, 0.3) is 5.69 Å². The molecule has 1 heterocycles. The first kappa shape index (κ1) is 12.9. The minimum atomic E-state index is -0.550. The number of hydrogen-bond acceptors (Lipinski definition) is 6. The molecule has 8 heteroatoms. The number of para-hydroxylation sites is 1. The zero-order valence-electron chi connectivity index (χ0n) is 9.39. The van der Waals surface area contributed by atoms with Gasteiger partial charge in [-0.2, -0.15) is 0 Å². The molecule has 0 atom stereocenters. The van der Waals surface area contributed by atoms with Crippen LogP contribution in [0.25, 0.3) is 0 Å². The van der Waals surface area contributed by atoms with Crippen molar-refractivity contribution in [1.29, 1.82) is 0 Å². The van der Waals surface area contributed by atoms with Crippen LogP contribution in [-0.4, -0.2) is 15.0 Å². The molecule has 19 heavy (non-hydrogen) atoms. The number of nitro benzene ring substituents is 1. The van der Waals surface area contributed by atoms with Crippen molar-refractivity contribution in [2.45, 2.75) is 0 Å². The largest absolute Gasteiger partial charge is 0.505 e. The normalized spacial score (nSPS) is 10.8. The number of aromatic nitrogens is 1. The number of halogens is 1. The molecule has 0 saturated carbocycles. The van der Waals surface area contributed by atoms with Gasteiger partial charge in [-0.3, -0.25) is 10.1 Å². The van der Waals surface area contributed by atoms with Crippen LogP contribution in [0.3, 0.4) is 0 Å². The second-order valence-corrected chi connectivity index (χ2v) is 3.78. The smallest absolute Gasteiger partial charge is 0.296 e. The van der Waals surface area contributed by atoms with Crippen molar-refractivity contribution >= 4 is 28.8 Å². The van der Waals surface area contributed by atoms with E-state index in [0.29, 0.717) is 0 Å². The lowest BCUT2D eigenvalue weighted by atomic mass is 10.3. The van der Waals surface area contributed by atoms with Gasteiger partial charge in [0.15, 0.2) is 22.4 Å². The van der Waals surface area contributed by atoms with E-state index in [1.165, 1.54) is 30.3 Å². The fraction of sp³-hybridized carbons (Fsp3) is 0. The minimum absolute atomic E-state index is 0.110. The average Bonchev–Trinajstić information content (AvgIpc) is 2.40. The fourth-order valence-electron chi connectivity index (χ4n) is 1.28. The van der Waals surface area contributed by atoms with Gasteiger partial charge in [0.1, 0.15) is 0 Å². The van der Waals surface area contributed by atoms with Crippen LogP contribution < -0.4 is 0 Å². The zero-order valence-corrected chi connectivity index (χ0v) is 10.2. The van der Waals surface area contributed by atoms with E-state index in [0.717, 1.165) is 0 Å². The predicted molar refractivity (Wildman–Crippen MR) is 68.2 cm³/mol. The maximum atomic E-state index is 10.8. The average molecular weight is 279 g/mol. The Morgan fingerprint density at radius 2 is 1.95 bits per heavy atom. The second kappa shape index (κ2) is 5.40. The molecule has 2 rings (SSSR count). The van der Waals surface area contributed by atoms with Crippen molar-refractivity contribution < 1.29 is 10.0 Å². The zero-order chi connectivity index (χ0) is 13.8. The molecule has 0 bridgehead atoms. The SMILES string of the molecule is O=[N+]([O-])c1ccccc1N=Nc1ccc(O)c(Cl)n1. The van der Waals surface area contributed by atoms with Crippen molar-refractivity contribution in [3.05, 3.63) is 51.7 Å². The lowest BCUT2D eigenvalue weighted by Gasteiger charge is -1.97. The summed E-state index contributed by atoms with van der Waals surface area (Å²) in [6, 6.07) is 8.63. The molecule has 0 aliphatic rings. The third-order valence-corrected chi connectivity index (χ3v) is 2.43. The summed E-state index contributed by atoms with van der Waals surface area (Å²) in [5, 5.41) is 27.3. The first-order valence-corrected chi connectivity index (χ1v) is 5.46. The van der Waals surface area contributed by atoms with Crippen LogP contribution in [0.5, 0.6) is 5.75 Å². The number of nitrogens with zero attached hydrogens (tertiary/aromatic N) is 4. The van der Waals surface area contributed by atoms with Gasteiger partial charge in [-0.1, -0.05) is 23.7 Å². The molecule has 96 valence electrons. The third-order valence-electron chi connectivity index (χ3n) is 2.15. The molecule has 1 aromatic carbocycles. The van der Waals surface area contributed by atoms with Crippen molar-refractivity contribution in [1.82, 2.24) is 4.98 Å². The molecule has 0 aliphatic carbocycles. The highest BCUT2D eigenvalue weighted by atomic mass is 35.5. The number of nitro groups is 1. The molecule has 7 nitrogen and oxygen atoms in total. The first-order chi connectivity index (χ1) is 9.08. The van der Waals surface area contributed by atoms with Crippen LogP contribution in [-0.2, 0) is 0 Å². The van der Waals surface area contributed by atoms with E-state index in [1.54, 1.807) is 6.07 Å². The van der Waals surface area contributed by atoms with Crippen LogP contribution in [0, 0.1) is 10.1 Å². The third kappa shape index (κ3) is 3.02. The van der Waals surface area contributed by atoms with E-state index in [1.807, 2.05) is 0 Å². The van der Waals surface area contributed by atoms with Gasteiger partial charge in [-0.15, -0.1) is 10.2 Å². The van der Waals surface area contributed by atoms with Gasteiger partial charge in [0.2, 0.25) is 0 Å². The summed E-state index contributed by atoms with van der Waals surface area (Å²) in [7, 11) is 0. The lowest BCUT2D eigenvalue weighted by molar-refractivity contribution is -0.384. The Hall–Kier alpha value is -2.54. The Morgan fingerprint density at radius 1 is 1.21 bits per heavy atom. The maximum absolute atomic E-state index is 10.8.